The summed E-state index contributed by atoms with van der Waals surface area (Å²) in [6.45, 7) is 1.86. The van der Waals surface area contributed by atoms with E-state index in [0.717, 1.165) is 19.5 Å². The molecule has 0 radical (unpaired) electrons. The van der Waals surface area contributed by atoms with E-state index in [1.54, 1.807) is 4.68 Å². The van der Waals surface area contributed by atoms with E-state index in [2.05, 4.69) is 33.1 Å². The number of rotatable bonds is 4. The highest BCUT2D eigenvalue weighted by atomic mass is 32.1. The van der Waals surface area contributed by atoms with Crippen LogP contribution in [0.1, 0.15) is 6.42 Å². The predicted molar refractivity (Wildman–Crippen MR) is 48.2 cm³/mol. The minimum absolute atomic E-state index is 0.578. The van der Waals surface area contributed by atoms with Gasteiger partial charge in [-0.05, 0) is 37.5 Å². The quantitative estimate of drug-likeness (QED) is 0.669. The van der Waals surface area contributed by atoms with Crippen LogP contribution in [-0.2, 0) is 6.54 Å². The van der Waals surface area contributed by atoms with Gasteiger partial charge in [0, 0.05) is 6.54 Å². The molecule has 0 unspecified atom stereocenters. The Morgan fingerprint density at radius 2 is 2.25 bits per heavy atom. The van der Waals surface area contributed by atoms with Crippen LogP contribution in [0.15, 0.2) is 5.16 Å². The number of hydrogen-bond donors (Lipinski definition) is 1. The average Bonchev–Trinajstić information content (AvgIpc) is 2.36. The lowest BCUT2D eigenvalue weighted by molar-refractivity contribution is 0.373. The average molecular weight is 187 g/mol. The Hall–Kier alpha value is -0.620. The molecule has 0 fully saturated rings. The van der Waals surface area contributed by atoms with Crippen LogP contribution in [0.5, 0.6) is 0 Å². The third kappa shape index (κ3) is 2.78. The first-order valence-electron chi connectivity index (χ1n) is 3.80. The van der Waals surface area contributed by atoms with Crippen molar-refractivity contribution >= 4 is 12.6 Å². The molecule has 6 heteroatoms. The molecular weight excluding hydrogens is 174 g/mol. The smallest absolute Gasteiger partial charge is 0.206 e. The molecule has 1 aromatic rings. The van der Waals surface area contributed by atoms with Crippen LogP contribution in [0.25, 0.3) is 0 Å². The van der Waals surface area contributed by atoms with E-state index in [9.17, 15) is 0 Å². The van der Waals surface area contributed by atoms with Crippen LogP contribution in [0.2, 0.25) is 0 Å². The summed E-state index contributed by atoms with van der Waals surface area (Å²) in [6, 6.07) is 0. The third-order valence-corrected chi connectivity index (χ3v) is 1.81. The summed E-state index contributed by atoms with van der Waals surface area (Å²) in [4.78, 5) is 2.13. The molecule has 0 bridgehead atoms. The van der Waals surface area contributed by atoms with Gasteiger partial charge >= 0.3 is 0 Å². The van der Waals surface area contributed by atoms with Crippen molar-refractivity contribution in [1.82, 2.24) is 25.1 Å². The van der Waals surface area contributed by atoms with Gasteiger partial charge in [0.15, 0.2) is 0 Å². The van der Waals surface area contributed by atoms with Crippen molar-refractivity contribution in [2.75, 3.05) is 20.6 Å². The molecule has 12 heavy (non-hydrogen) atoms. The molecule has 0 amide bonds. The number of nitrogens with zero attached hydrogens (tertiary/aromatic N) is 5. The van der Waals surface area contributed by atoms with Gasteiger partial charge in [0.2, 0.25) is 5.16 Å². The van der Waals surface area contributed by atoms with E-state index >= 15 is 0 Å². The molecule has 1 aromatic heterocycles. The molecule has 0 atom stereocenters. The van der Waals surface area contributed by atoms with Gasteiger partial charge in [-0.1, -0.05) is 0 Å². The van der Waals surface area contributed by atoms with Crippen LogP contribution in [0, 0.1) is 0 Å². The summed E-state index contributed by atoms with van der Waals surface area (Å²) in [5, 5.41) is 11.5. The lowest BCUT2D eigenvalue weighted by Gasteiger charge is -2.08. The molecule has 0 aliphatic carbocycles. The standard InChI is InChI=1S/C6H13N5S/c1-10(2)4-3-5-11-6(12)7-8-9-11/h3-5H2,1-2H3,(H,7,9,12). The Morgan fingerprint density at radius 1 is 1.50 bits per heavy atom. The second-order valence-electron chi connectivity index (χ2n) is 2.86. The van der Waals surface area contributed by atoms with Gasteiger partial charge in [0.05, 0.1) is 0 Å². The SMILES string of the molecule is CN(C)CCCn1nnnc1S. The van der Waals surface area contributed by atoms with Crippen molar-refractivity contribution in [3.8, 4) is 0 Å². The summed E-state index contributed by atoms with van der Waals surface area (Å²) < 4.78 is 1.69. The summed E-state index contributed by atoms with van der Waals surface area (Å²) >= 11 is 4.09. The maximum absolute atomic E-state index is 4.09. The van der Waals surface area contributed by atoms with Gasteiger partial charge in [-0.25, -0.2) is 4.68 Å². The summed E-state index contributed by atoms with van der Waals surface area (Å²) in [6.07, 6.45) is 1.03. The minimum Gasteiger partial charge on any atom is -0.309 e. The Balaban J connectivity index is 2.29. The van der Waals surface area contributed by atoms with Crippen molar-refractivity contribution in [3.05, 3.63) is 0 Å². The lowest BCUT2D eigenvalue weighted by Crippen LogP contribution is -2.15. The van der Waals surface area contributed by atoms with Crippen molar-refractivity contribution in [3.63, 3.8) is 0 Å². The largest absolute Gasteiger partial charge is 0.309 e. The molecule has 0 spiro atoms. The van der Waals surface area contributed by atoms with Crippen molar-refractivity contribution < 1.29 is 0 Å². The fraction of sp³-hybridized carbons (Fsp3) is 0.833. The number of hydrogen-bond acceptors (Lipinski definition) is 5. The molecule has 1 rings (SSSR count). The van der Waals surface area contributed by atoms with Gasteiger partial charge in [-0.15, -0.1) is 17.7 Å². The maximum atomic E-state index is 4.09. The Labute approximate surface area is 77.2 Å². The molecule has 5 nitrogen and oxygen atoms in total. The first-order chi connectivity index (χ1) is 5.70. The van der Waals surface area contributed by atoms with E-state index in [4.69, 9.17) is 0 Å². The Bertz CT molecular complexity index is 234. The van der Waals surface area contributed by atoms with Gasteiger partial charge < -0.3 is 4.90 Å². The van der Waals surface area contributed by atoms with E-state index < -0.39 is 0 Å². The number of aryl methyl sites for hydroxylation is 1. The number of thiol groups is 1. The summed E-state index contributed by atoms with van der Waals surface area (Å²) in [5.74, 6) is 0. The van der Waals surface area contributed by atoms with Crippen LogP contribution in [-0.4, -0.2) is 45.7 Å². The number of tetrazole rings is 1. The van der Waals surface area contributed by atoms with Gasteiger partial charge in [-0.3, -0.25) is 0 Å². The summed E-state index contributed by atoms with van der Waals surface area (Å²) in [7, 11) is 4.09. The lowest BCUT2D eigenvalue weighted by atomic mass is 10.4. The van der Waals surface area contributed by atoms with Crippen LogP contribution >= 0.6 is 12.6 Å². The topological polar surface area (TPSA) is 46.8 Å². The molecular formula is C6H13N5S. The highest BCUT2D eigenvalue weighted by molar-refractivity contribution is 7.80. The zero-order valence-electron chi connectivity index (χ0n) is 7.30. The second kappa shape index (κ2) is 4.42. The number of aromatic nitrogens is 4. The summed E-state index contributed by atoms with van der Waals surface area (Å²) in [5.41, 5.74) is 0. The van der Waals surface area contributed by atoms with Crippen LogP contribution in [0.3, 0.4) is 0 Å². The van der Waals surface area contributed by atoms with Crippen LogP contribution < -0.4 is 0 Å². The fourth-order valence-electron chi connectivity index (χ4n) is 0.881. The molecule has 0 aromatic carbocycles. The van der Waals surface area contributed by atoms with Crippen molar-refractivity contribution in [2.24, 2.45) is 0 Å². The van der Waals surface area contributed by atoms with Gasteiger partial charge in [-0.2, -0.15) is 0 Å². The van der Waals surface area contributed by atoms with E-state index in [-0.39, 0.29) is 0 Å². The normalized spacial score (nSPS) is 11.0. The zero-order chi connectivity index (χ0) is 8.97. The van der Waals surface area contributed by atoms with Crippen molar-refractivity contribution in [2.45, 2.75) is 18.1 Å². The molecule has 0 aliphatic heterocycles. The van der Waals surface area contributed by atoms with Crippen molar-refractivity contribution in [1.29, 1.82) is 0 Å². The molecule has 0 aliphatic rings. The van der Waals surface area contributed by atoms with Crippen LogP contribution in [0.4, 0.5) is 0 Å². The predicted octanol–water partition coefficient (Wildman–Crippen LogP) is -0.0865. The minimum atomic E-state index is 0.578. The Morgan fingerprint density at radius 3 is 2.75 bits per heavy atom. The first-order valence-corrected chi connectivity index (χ1v) is 4.24. The van der Waals surface area contributed by atoms with E-state index in [1.807, 2.05) is 14.1 Å². The molecule has 1 heterocycles. The van der Waals surface area contributed by atoms with E-state index in [1.165, 1.54) is 0 Å². The molecule has 0 saturated carbocycles. The zero-order valence-corrected chi connectivity index (χ0v) is 8.20. The van der Waals surface area contributed by atoms with E-state index in [0.29, 0.717) is 5.16 Å². The molecule has 0 saturated heterocycles. The first kappa shape index (κ1) is 9.47. The maximum Gasteiger partial charge on any atom is 0.206 e. The Kier molecular flexibility index (Phi) is 3.48. The van der Waals surface area contributed by atoms with Gasteiger partial charge in [0.1, 0.15) is 0 Å². The van der Waals surface area contributed by atoms with Gasteiger partial charge in [0.25, 0.3) is 0 Å². The highest BCUT2D eigenvalue weighted by Gasteiger charge is 1.99. The highest BCUT2D eigenvalue weighted by Crippen LogP contribution is 1.98. The third-order valence-electron chi connectivity index (χ3n) is 1.49. The monoisotopic (exact) mass is 187 g/mol. The molecule has 68 valence electrons. The fourth-order valence-corrected chi connectivity index (χ4v) is 1.06. The second-order valence-corrected chi connectivity index (χ2v) is 3.26. The molecule has 0 N–H and O–H groups in total.